The number of hydrogen-bond donors (Lipinski definition) is 0. The number of halogens is 1. The zero-order valence-corrected chi connectivity index (χ0v) is 16.7. The van der Waals surface area contributed by atoms with Crippen LogP contribution < -0.4 is 4.90 Å². The van der Waals surface area contributed by atoms with Crippen LogP contribution in [0.1, 0.15) is 17.0 Å². The third-order valence-corrected chi connectivity index (χ3v) is 5.45. The molecule has 10 heteroatoms. The van der Waals surface area contributed by atoms with E-state index in [2.05, 4.69) is 20.5 Å². The van der Waals surface area contributed by atoms with Gasteiger partial charge in [-0.2, -0.15) is 10.1 Å². The molecule has 3 heterocycles. The largest absolute Gasteiger partial charge is 0.337 e. The minimum Gasteiger partial charge on any atom is -0.337 e. The molecule has 2 atom stereocenters. The third-order valence-electron chi connectivity index (χ3n) is 5.45. The van der Waals surface area contributed by atoms with E-state index in [1.165, 1.54) is 23.2 Å². The van der Waals surface area contributed by atoms with Crippen LogP contribution >= 0.6 is 0 Å². The number of nitrogens with zero attached hydrogens (tertiary/aromatic N) is 6. The maximum atomic E-state index is 13.6. The molecule has 31 heavy (non-hydrogen) atoms. The first-order chi connectivity index (χ1) is 14.9. The molecule has 0 spiro atoms. The highest BCUT2D eigenvalue weighted by Crippen LogP contribution is 2.33. The highest BCUT2D eigenvalue weighted by molar-refractivity contribution is 6.25. The lowest BCUT2D eigenvalue weighted by atomic mass is 10.1. The minimum atomic E-state index is -0.988. The van der Waals surface area contributed by atoms with Gasteiger partial charge in [0.05, 0.1) is 5.69 Å². The van der Waals surface area contributed by atoms with Crippen molar-refractivity contribution in [2.45, 2.75) is 32.5 Å². The van der Waals surface area contributed by atoms with E-state index in [4.69, 9.17) is 4.52 Å². The van der Waals surface area contributed by atoms with Crippen molar-refractivity contribution in [2.75, 3.05) is 4.90 Å². The average molecular weight is 420 g/mol. The molecular weight excluding hydrogens is 403 g/mol. The first-order valence-corrected chi connectivity index (χ1v) is 9.63. The SMILES string of the molecule is Cc1ccc(-c2noc(CN3N=N[C@@H]4C(=O)N(c5cccc(F)c5)C(=O)[C@H]43)n2)cc1C. The van der Waals surface area contributed by atoms with Crippen molar-refractivity contribution in [2.24, 2.45) is 10.3 Å². The van der Waals surface area contributed by atoms with Crippen molar-refractivity contribution in [1.82, 2.24) is 15.1 Å². The van der Waals surface area contributed by atoms with Gasteiger partial charge in [-0.25, -0.2) is 9.29 Å². The standard InChI is InChI=1S/C21H17FN6O3/c1-11-6-7-13(8-12(11)2)19-23-16(31-25-19)10-27-18-17(24-26-27)20(29)28(21(18)30)15-5-3-4-14(22)9-15/h3-9,17-18H,10H2,1-2H3/t17-,18-/m0/s1. The summed E-state index contributed by atoms with van der Waals surface area (Å²) < 4.78 is 18.9. The van der Waals surface area contributed by atoms with E-state index in [1.54, 1.807) is 0 Å². The van der Waals surface area contributed by atoms with Crippen molar-refractivity contribution in [3.8, 4) is 11.4 Å². The predicted molar refractivity (Wildman–Crippen MR) is 106 cm³/mol. The fourth-order valence-corrected chi connectivity index (χ4v) is 3.68. The van der Waals surface area contributed by atoms with Gasteiger partial charge in [0.1, 0.15) is 12.4 Å². The molecule has 0 saturated carbocycles. The normalized spacial score (nSPS) is 20.1. The first kappa shape index (κ1) is 19.0. The van der Waals surface area contributed by atoms with E-state index < -0.39 is 29.7 Å². The predicted octanol–water partition coefficient (Wildman–Crippen LogP) is 2.99. The van der Waals surface area contributed by atoms with E-state index >= 15 is 0 Å². The van der Waals surface area contributed by atoms with Crippen LogP contribution in [-0.4, -0.2) is 39.0 Å². The molecule has 156 valence electrons. The van der Waals surface area contributed by atoms with Crippen LogP contribution in [0.25, 0.3) is 11.4 Å². The second kappa shape index (κ2) is 7.08. The lowest BCUT2D eigenvalue weighted by Gasteiger charge is -2.19. The topological polar surface area (TPSA) is 104 Å². The Hall–Kier alpha value is -3.95. The molecule has 9 nitrogen and oxygen atoms in total. The fraction of sp³-hybridized carbons (Fsp3) is 0.238. The lowest BCUT2D eigenvalue weighted by molar-refractivity contribution is -0.123. The van der Waals surface area contributed by atoms with Gasteiger partial charge in [-0.3, -0.25) is 14.6 Å². The number of hydrogen-bond acceptors (Lipinski definition) is 8. The van der Waals surface area contributed by atoms with Crippen LogP contribution in [0.4, 0.5) is 10.1 Å². The van der Waals surface area contributed by atoms with Crippen LogP contribution in [0.3, 0.4) is 0 Å². The quantitative estimate of drug-likeness (QED) is 0.601. The van der Waals surface area contributed by atoms with E-state index in [0.29, 0.717) is 5.82 Å². The highest BCUT2D eigenvalue weighted by Gasteiger charge is 2.55. The number of aryl methyl sites for hydroxylation is 2. The number of rotatable bonds is 4. The van der Waals surface area contributed by atoms with Gasteiger partial charge >= 0.3 is 0 Å². The molecule has 2 amide bonds. The molecule has 5 rings (SSSR count). The summed E-state index contributed by atoms with van der Waals surface area (Å²) in [6, 6.07) is 9.22. The van der Waals surface area contributed by atoms with Gasteiger partial charge in [0.25, 0.3) is 11.8 Å². The zero-order chi connectivity index (χ0) is 21.7. The number of aromatic nitrogens is 2. The summed E-state index contributed by atoms with van der Waals surface area (Å²) in [6.07, 6.45) is 0. The lowest BCUT2D eigenvalue weighted by Crippen LogP contribution is -2.39. The minimum absolute atomic E-state index is 0.0124. The summed E-state index contributed by atoms with van der Waals surface area (Å²) >= 11 is 0. The number of amides is 2. The summed E-state index contributed by atoms with van der Waals surface area (Å²) in [5, 5.41) is 13.3. The Morgan fingerprint density at radius 3 is 2.68 bits per heavy atom. The molecular formula is C21H17FN6O3. The van der Waals surface area contributed by atoms with Crippen molar-refractivity contribution in [3.05, 3.63) is 65.3 Å². The monoisotopic (exact) mass is 420 g/mol. The molecule has 0 bridgehead atoms. The van der Waals surface area contributed by atoms with Crippen LogP contribution in [-0.2, 0) is 16.1 Å². The number of imide groups is 1. The molecule has 0 radical (unpaired) electrons. The van der Waals surface area contributed by atoms with Crippen LogP contribution in [0, 0.1) is 19.7 Å². The number of carbonyl (C=O) groups is 2. The second-order valence-corrected chi connectivity index (χ2v) is 7.49. The molecule has 2 aliphatic rings. The highest BCUT2D eigenvalue weighted by atomic mass is 19.1. The van der Waals surface area contributed by atoms with Gasteiger partial charge < -0.3 is 4.52 Å². The second-order valence-electron chi connectivity index (χ2n) is 7.49. The maximum absolute atomic E-state index is 13.6. The Bertz CT molecular complexity index is 1240. The smallest absolute Gasteiger partial charge is 0.263 e. The maximum Gasteiger partial charge on any atom is 0.263 e. The number of anilines is 1. The Balaban J connectivity index is 1.37. The Morgan fingerprint density at radius 1 is 1.06 bits per heavy atom. The number of carbonyl (C=O) groups excluding carboxylic acids is 2. The van der Waals surface area contributed by atoms with Crippen molar-refractivity contribution in [3.63, 3.8) is 0 Å². The summed E-state index contributed by atoms with van der Waals surface area (Å²) in [7, 11) is 0. The summed E-state index contributed by atoms with van der Waals surface area (Å²) in [5.41, 5.74) is 3.23. The van der Waals surface area contributed by atoms with Crippen molar-refractivity contribution < 1.29 is 18.5 Å². The van der Waals surface area contributed by atoms with Gasteiger partial charge in [-0.15, -0.1) is 0 Å². The van der Waals surface area contributed by atoms with Gasteiger partial charge in [0, 0.05) is 5.56 Å². The Morgan fingerprint density at radius 2 is 1.90 bits per heavy atom. The van der Waals surface area contributed by atoms with Crippen LogP contribution in [0.5, 0.6) is 0 Å². The summed E-state index contributed by atoms with van der Waals surface area (Å²) in [6.45, 7) is 4.03. The number of benzene rings is 2. The molecule has 1 fully saturated rings. The molecule has 0 aliphatic carbocycles. The molecule has 0 N–H and O–H groups in total. The molecule has 0 unspecified atom stereocenters. The number of fused-ring (bicyclic) bond motifs is 1. The summed E-state index contributed by atoms with van der Waals surface area (Å²) in [4.78, 5) is 31.0. The van der Waals surface area contributed by atoms with E-state index in [0.717, 1.165) is 27.7 Å². The van der Waals surface area contributed by atoms with Gasteiger partial charge in [0.15, 0.2) is 12.1 Å². The van der Waals surface area contributed by atoms with Crippen LogP contribution in [0.15, 0.2) is 57.3 Å². The zero-order valence-electron chi connectivity index (χ0n) is 16.7. The van der Waals surface area contributed by atoms with Crippen LogP contribution in [0.2, 0.25) is 0 Å². The molecule has 1 aromatic heterocycles. The van der Waals surface area contributed by atoms with E-state index in [-0.39, 0.29) is 18.1 Å². The third kappa shape index (κ3) is 3.16. The van der Waals surface area contributed by atoms with Crippen molar-refractivity contribution >= 4 is 17.5 Å². The molecule has 2 aliphatic heterocycles. The fourth-order valence-electron chi connectivity index (χ4n) is 3.68. The van der Waals surface area contributed by atoms with Gasteiger partial charge in [-0.1, -0.05) is 28.6 Å². The van der Waals surface area contributed by atoms with E-state index in [1.807, 2.05) is 32.0 Å². The Labute approximate surface area is 176 Å². The average Bonchev–Trinajstić information content (AvgIpc) is 3.43. The van der Waals surface area contributed by atoms with E-state index in [9.17, 15) is 14.0 Å². The Kier molecular flexibility index (Phi) is 4.35. The first-order valence-electron chi connectivity index (χ1n) is 9.63. The molecule has 2 aromatic carbocycles. The van der Waals surface area contributed by atoms with Crippen molar-refractivity contribution in [1.29, 1.82) is 0 Å². The molecule has 1 saturated heterocycles. The molecule has 3 aromatic rings. The van der Waals surface area contributed by atoms with Gasteiger partial charge in [-0.05, 0) is 49.2 Å². The summed E-state index contributed by atoms with van der Waals surface area (Å²) in [5.74, 6) is -0.968. The van der Waals surface area contributed by atoms with Gasteiger partial charge in [0.2, 0.25) is 11.7 Å².